The van der Waals surface area contributed by atoms with Crippen LogP contribution in [-0.4, -0.2) is 19.3 Å². The second-order valence-corrected chi connectivity index (χ2v) is 4.86. The molecule has 0 spiro atoms. The molecule has 0 aliphatic carbocycles. The predicted molar refractivity (Wildman–Crippen MR) is 67.3 cm³/mol. The Hall–Kier alpha value is -1.23. The summed E-state index contributed by atoms with van der Waals surface area (Å²) in [5.41, 5.74) is 2.00. The second-order valence-electron chi connectivity index (χ2n) is 4.86. The second kappa shape index (κ2) is 5.82. The lowest BCUT2D eigenvalue weighted by Gasteiger charge is -2.19. The van der Waals surface area contributed by atoms with Crippen LogP contribution in [0.1, 0.15) is 36.4 Å². The predicted octanol–water partition coefficient (Wildman–Crippen LogP) is 3.75. The minimum absolute atomic E-state index is 0.0540. The van der Waals surface area contributed by atoms with Crippen LogP contribution < -0.4 is 10.1 Å². The summed E-state index contributed by atoms with van der Waals surface area (Å²) in [5.74, 6) is 0.824. The van der Waals surface area contributed by atoms with E-state index in [4.69, 9.17) is 4.74 Å². The van der Waals surface area contributed by atoms with Crippen molar-refractivity contribution in [1.29, 1.82) is 0 Å². The largest absolute Gasteiger partial charge is 0.493 e. The van der Waals surface area contributed by atoms with E-state index >= 15 is 0 Å². The first kappa shape index (κ1) is 14.2. The molecule has 1 N–H and O–H groups in total. The van der Waals surface area contributed by atoms with E-state index < -0.39 is 12.6 Å². The molecular weight excluding hydrogens is 255 g/mol. The average Bonchev–Trinajstić information content (AvgIpc) is 2.52. The highest BCUT2D eigenvalue weighted by molar-refractivity contribution is 5.43. The minimum atomic E-state index is -4.11. The molecule has 1 aliphatic rings. The molecule has 1 aromatic rings. The first-order valence-corrected chi connectivity index (χ1v) is 6.50. The van der Waals surface area contributed by atoms with Crippen molar-refractivity contribution >= 4 is 0 Å². The molecule has 0 bridgehead atoms. The Morgan fingerprint density at radius 2 is 2.16 bits per heavy atom. The highest BCUT2D eigenvalue weighted by Crippen LogP contribution is 2.34. The van der Waals surface area contributed by atoms with Crippen LogP contribution in [0.25, 0.3) is 0 Å². The summed E-state index contributed by atoms with van der Waals surface area (Å²) in [4.78, 5) is 0. The molecule has 2 rings (SSSR count). The van der Waals surface area contributed by atoms with Crippen LogP contribution in [0.5, 0.6) is 5.75 Å². The lowest BCUT2D eigenvalue weighted by atomic mass is 10.00. The lowest BCUT2D eigenvalue weighted by Crippen LogP contribution is -2.26. The summed E-state index contributed by atoms with van der Waals surface area (Å²) in [6.45, 7) is 2.52. The van der Waals surface area contributed by atoms with Crippen molar-refractivity contribution in [2.75, 3.05) is 13.2 Å². The molecule has 0 fully saturated rings. The first-order chi connectivity index (χ1) is 8.97. The molecule has 1 atom stereocenters. The van der Waals surface area contributed by atoms with Gasteiger partial charge in [0.1, 0.15) is 5.75 Å². The fourth-order valence-electron chi connectivity index (χ4n) is 2.36. The van der Waals surface area contributed by atoms with Gasteiger partial charge >= 0.3 is 6.18 Å². The Bertz CT molecular complexity index is 431. The third-order valence-electron chi connectivity index (χ3n) is 3.30. The number of para-hydroxylation sites is 1. The Morgan fingerprint density at radius 3 is 2.89 bits per heavy atom. The van der Waals surface area contributed by atoms with Gasteiger partial charge in [0.15, 0.2) is 0 Å². The van der Waals surface area contributed by atoms with E-state index in [-0.39, 0.29) is 12.6 Å². The number of hydrogen-bond donors (Lipinski definition) is 1. The van der Waals surface area contributed by atoms with Gasteiger partial charge in [0.05, 0.1) is 13.0 Å². The number of benzene rings is 1. The zero-order valence-electron chi connectivity index (χ0n) is 10.9. The SMILES string of the molecule is Cc1cccc2c1OCCCC2NCCC(F)(F)F. The molecule has 0 aromatic heterocycles. The van der Waals surface area contributed by atoms with Crippen LogP contribution in [0.15, 0.2) is 18.2 Å². The summed E-state index contributed by atoms with van der Waals surface area (Å²) < 4.78 is 42.3. The molecule has 19 heavy (non-hydrogen) atoms. The molecule has 0 amide bonds. The third kappa shape index (κ3) is 3.86. The highest BCUT2D eigenvalue weighted by Gasteiger charge is 2.27. The number of halogens is 3. The number of aryl methyl sites for hydroxylation is 1. The van der Waals surface area contributed by atoms with Crippen molar-refractivity contribution in [3.63, 3.8) is 0 Å². The van der Waals surface area contributed by atoms with E-state index in [1.807, 2.05) is 25.1 Å². The lowest BCUT2D eigenvalue weighted by molar-refractivity contribution is -0.133. The van der Waals surface area contributed by atoms with Gasteiger partial charge in [0.25, 0.3) is 0 Å². The maximum atomic E-state index is 12.2. The van der Waals surface area contributed by atoms with Crippen LogP contribution >= 0.6 is 0 Å². The van der Waals surface area contributed by atoms with Crippen LogP contribution in [0.4, 0.5) is 13.2 Å². The van der Waals surface area contributed by atoms with Gasteiger partial charge in [-0.2, -0.15) is 13.2 Å². The highest BCUT2D eigenvalue weighted by atomic mass is 19.4. The van der Waals surface area contributed by atoms with Crippen molar-refractivity contribution in [3.8, 4) is 5.75 Å². The van der Waals surface area contributed by atoms with Crippen LogP contribution in [-0.2, 0) is 0 Å². The van der Waals surface area contributed by atoms with Gasteiger partial charge in [0.2, 0.25) is 0 Å². The van der Waals surface area contributed by atoms with Crippen molar-refractivity contribution in [2.45, 2.75) is 38.4 Å². The molecule has 1 aromatic carbocycles. The van der Waals surface area contributed by atoms with Crippen LogP contribution in [0.2, 0.25) is 0 Å². The van der Waals surface area contributed by atoms with Crippen molar-refractivity contribution in [2.24, 2.45) is 0 Å². The molecule has 0 saturated carbocycles. The molecule has 5 heteroatoms. The summed E-state index contributed by atoms with van der Waals surface area (Å²) >= 11 is 0. The number of fused-ring (bicyclic) bond motifs is 1. The summed E-state index contributed by atoms with van der Waals surface area (Å²) in [7, 11) is 0. The molecule has 1 heterocycles. The van der Waals surface area contributed by atoms with Crippen molar-refractivity contribution < 1.29 is 17.9 Å². The van der Waals surface area contributed by atoms with E-state index in [2.05, 4.69) is 5.32 Å². The van der Waals surface area contributed by atoms with Gasteiger partial charge in [-0.3, -0.25) is 0 Å². The van der Waals surface area contributed by atoms with Gasteiger partial charge in [-0.1, -0.05) is 18.2 Å². The molecule has 1 unspecified atom stereocenters. The summed E-state index contributed by atoms with van der Waals surface area (Å²) in [6, 6.07) is 5.75. The Labute approximate surface area is 111 Å². The monoisotopic (exact) mass is 273 g/mol. The maximum absolute atomic E-state index is 12.2. The number of ether oxygens (including phenoxy) is 1. The number of hydrogen-bond acceptors (Lipinski definition) is 2. The normalized spacial score (nSPS) is 19.5. The molecule has 2 nitrogen and oxygen atoms in total. The summed E-state index contributed by atoms with van der Waals surface area (Å²) in [5, 5.41) is 3.00. The smallest absolute Gasteiger partial charge is 0.390 e. The van der Waals surface area contributed by atoms with E-state index in [1.54, 1.807) is 0 Å². The summed E-state index contributed by atoms with van der Waals surface area (Å²) in [6.07, 6.45) is -3.26. The zero-order chi connectivity index (χ0) is 13.9. The van der Waals surface area contributed by atoms with Crippen LogP contribution in [0.3, 0.4) is 0 Å². The van der Waals surface area contributed by atoms with Crippen LogP contribution in [0, 0.1) is 6.92 Å². The number of nitrogens with one attached hydrogen (secondary N) is 1. The Balaban J connectivity index is 2.07. The van der Waals surface area contributed by atoms with Gasteiger partial charge in [-0.05, 0) is 25.3 Å². The minimum Gasteiger partial charge on any atom is -0.493 e. The molecule has 106 valence electrons. The standard InChI is InChI=1S/C14H18F3NO/c1-10-4-2-5-11-12(6-3-9-19-13(10)11)18-8-7-14(15,16)17/h2,4-5,12,18H,3,6-9H2,1H3. The Morgan fingerprint density at radius 1 is 1.37 bits per heavy atom. The molecular formula is C14H18F3NO. The van der Waals surface area contributed by atoms with E-state index in [1.165, 1.54) is 0 Å². The fraction of sp³-hybridized carbons (Fsp3) is 0.571. The van der Waals surface area contributed by atoms with Gasteiger partial charge < -0.3 is 10.1 Å². The van der Waals surface area contributed by atoms with Crippen molar-refractivity contribution in [1.82, 2.24) is 5.32 Å². The van der Waals surface area contributed by atoms with Gasteiger partial charge in [-0.25, -0.2) is 0 Å². The number of alkyl halides is 3. The first-order valence-electron chi connectivity index (χ1n) is 6.50. The molecule has 0 radical (unpaired) electrons. The fourth-order valence-corrected chi connectivity index (χ4v) is 2.36. The quantitative estimate of drug-likeness (QED) is 0.905. The third-order valence-corrected chi connectivity index (χ3v) is 3.30. The van der Waals surface area contributed by atoms with E-state index in [0.717, 1.165) is 29.7 Å². The average molecular weight is 273 g/mol. The van der Waals surface area contributed by atoms with Crippen molar-refractivity contribution in [3.05, 3.63) is 29.3 Å². The topological polar surface area (TPSA) is 21.3 Å². The zero-order valence-corrected chi connectivity index (χ0v) is 10.9. The van der Waals surface area contributed by atoms with E-state index in [9.17, 15) is 13.2 Å². The molecule has 1 aliphatic heterocycles. The Kier molecular flexibility index (Phi) is 4.34. The maximum Gasteiger partial charge on any atom is 0.390 e. The van der Waals surface area contributed by atoms with Gasteiger partial charge in [0, 0.05) is 18.2 Å². The number of rotatable bonds is 3. The van der Waals surface area contributed by atoms with E-state index in [0.29, 0.717) is 6.61 Å². The molecule has 0 saturated heterocycles. The van der Waals surface area contributed by atoms with Gasteiger partial charge in [-0.15, -0.1) is 0 Å².